The van der Waals surface area contributed by atoms with E-state index in [9.17, 15) is 17.6 Å². The van der Waals surface area contributed by atoms with E-state index in [0.717, 1.165) is 30.1 Å². The molecule has 6 nitrogen and oxygen atoms in total. The molecule has 0 unspecified atom stereocenters. The summed E-state index contributed by atoms with van der Waals surface area (Å²) >= 11 is 1.65. The zero-order valence-corrected chi connectivity index (χ0v) is 19.3. The molecule has 1 amide bonds. The van der Waals surface area contributed by atoms with Gasteiger partial charge in [0.15, 0.2) is 0 Å². The lowest BCUT2D eigenvalue weighted by Crippen LogP contribution is -2.48. The van der Waals surface area contributed by atoms with E-state index in [0.29, 0.717) is 18.7 Å². The quantitative estimate of drug-likeness (QED) is 0.596. The molecule has 32 heavy (non-hydrogen) atoms. The van der Waals surface area contributed by atoms with Crippen molar-refractivity contribution in [1.82, 2.24) is 14.5 Å². The number of hydrogen-bond acceptors (Lipinski definition) is 5. The van der Waals surface area contributed by atoms with Gasteiger partial charge in [-0.1, -0.05) is 18.2 Å². The van der Waals surface area contributed by atoms with Crippen molar-refractivity contribution in [2.24, 2.45) is 0 Å². The molecule has 0 bridgehead atoms. The lowest BCUT2D eigenvalue weighted by molar-refractivity contribution is 0.0629. The fraction of sp³-hybridized carbons (Fsp3) is 0.261. The monoisotopic (exact) mass is 473 g/mol. The van der Waals surface area contributed by atoms with Crippen molar-refractivity contribution in [3.05, 3.63) is 76.9 Å². The summed E-state index contributed by atoms with van der Waals surface area (Å²) in [5.41, 5.74) is 1.24. The van der Waals surface area contributed by atoms with Crippen LogP contribution in [0.3, 0.4) is 0 Å². The van der Waals surface area contributed by atoms with Crippen molar-refractivity contribution in [3.63, 3.8) is 0 Å². The number of benzene rings is 2. The summed E-state index contributed by atoms with van der Waals surface area (Å²) in [6, 6.07) is 16.8. The molecular formula is C23H24FN3O3S2. The number of carbonyl (C=O) groups excluding carboxylic acids is 1. The van der Waals surface area contributed by atoms with Gasteiger partial charge in [0, 0.05) is 48.0 Å². The summed E-state index contributed by atoms with van der Waals surface area (Å²) in [5.74, 6) is -0.408. The molecule has 1 fully saturated rings. The summed E-state index contributed by atoms with van der Waals surface area (Å²) in [6.07, 6.45) is 0. The molecule has 0 spiro atoms. The largest absolute Gasteiger partial charge is 0.336 e. The van der Waals surface area contributed by atoms with Gasteiger partial charge in [0.05, 0.1) is 4.90 Å². The molecule has 4 rings (SSSR count). The molecule has 9 heteroatoms. The Bertz CT molecular complexity index is 1220. The van der Waals surface area contributed by atoms with E-state index in [4.69, 9.17) is 0 Å². The van der Waals surface area contributed by atoms with Crippen molar-refractivity contribution >= 4 is 27.3 Å². The van der Waals surface area contributed by atoms with Gasteiger partial charge in [0.1, 0.15) is 5.82 Å². The Balaban J connectivity index is 1.36. The van der Waals surface area contributed by atoms with E-state index >= 15 is 0 Å². The molecule has 0 saturated carbocycles. The molecule has 3 aromatic rings. The zero-order chi connectivity index (χ0) is 22.7. The van der Waals surface area contributed by atoms with E-state index in [1.807, 2.05) is 12.1 Å². The normalized spacial score (nSPS) is 15.1. The van der Waals surface area contributed by atoms with Gasteiger partial charge >= 0.3 is 0 Å². The highest BCUT2D eigenvalue weighted by Crippen LogP contribution is 2.29. The maximum absolute atomic E-state index is 13.5. The molecule has 1 saturated heterocycles. The van der Waals surface area contributed by atoms with Crippen molar-refractivity contribution in [2.75, 3.05) is 33.2 Å². The summed E-state index contributed by atoms with van der Waals surface area (Å²) in [7, 11) is -2.25. The number of nitrogens with one attached hydrogen (secondary N) is 1. The molecule has 2 heterocycles. The van der Waals surface area contributed by atoms with Gasteiger partial charge in [-0.15, -0.1) is 11.3 Å². The number of nitrogens with zero attached hydrogens (tertiary/aromatic N) is 2. The predicted molar refractivity (Wildman–Crippen MR) is 124 cm³/mol. The van der Waals surface area contributed by atoms with Crippen LogP contribution in [0, 0.1) is 5.82 Å². The van der Waals surface area contributed by atoms with Gasteiger partial charge in [-0.2, -0.15) is 0 Å². The van der Waals surface area contributed by atoms with Crippen LogP contribution >= 0.6 is 11.3 Å². The van der Waals surface area contributed by atoms with E-state index in [1.54, 1.807) is 34.4 Å². The number of halogens is 1. The molecule has 1 aliphatic rings. The van der Waals surface area contributed by atoms with Crippen LogP contribution in [0.25, 0.3) is 10.4 Å². The Morgan fingerprint density at radius 1 is 1.03 bits per heavy atom. The third-order valence-electron chi connectivity index (χ3n) is 5.47. The maximum atomic E-state index is 13.5. The summed E-state index contributed by atoms with van der Waals surface area (Å²) in [6.45, 7) is 3.38. The van der Waals surface area contributed by atoms with Crippen molar-refractivity contribution in [2.45, 2.75) is 11.4 Å². The van der Waals surface area contributed by atoms with Crippen LogP contribution in [0.2, 0.25) is 0 Å². The van der Waals surface area contributed by atoms with Crippen molar-refractivity contribution in [3.8, 4) is 10.4 Å². The molecule has 0 aliphatic carbocycles. The van der Waals surface area contributed by atoms with Crippen LogP contribution < -0.4 is 4.72 Å². The number of thiophene rings is 1. The highest BCUT2D eigenvalue weighted by Gasteiger charge is 2.23. The second-order valence-corrected chi connectivity index (χ2v) is 10.6. The lowest BCUT2D eigenvalue weighted by Gasteiger charge is -2.34. The highest BCUT2D eigenvalue weighted by atomic mass is 32.2. The van der Waals surface area contributed by atoms with Gasteiger partial charge in [-0.3, -0.25) is 9.69 Å². The van der Waals surface area contributed by atoms with Gasteiger partial charge < -0.3 is 4.90 Å². The van der Waals surface area contributed by atoms with Crippen LogP contribution in [0.15, 0.2) is 65.6 Å². The molecule has 2 aromatic carbocycles. The average molecular weight is 474 g/mol. The van der Waals surface area contributed by atoms with Crippen LogP contribution in [-0.2, 0) is 16.6 Å². The predicted octanol–water partition coefficient (Wildman–Crippen LogP) is 3.42. The summed E-state index contributed by atoms with van der Waals surface area (Å²) < 4.78 is 39.8. The summed E-state index contributed by atoms with van der Waals surface area (Å²) in [5, 5.41) is 0. The number of piperazine rings is 1. The number of sulfonamides is 1. The third kappa shape index (κ3) is 5.07. The summed E-state index contributed by atoms with van der Waals surface area (Å²) in [4.78, 5) is 19.2. The van der Waals surface area contributed by atoms with E-state index in [2.05, 4.69) is 15.7 Å². The Morgan fingerprint density at radius 3 is 2.50 bits per heavy atom. The fourth-order valence-corrected chi connectivity index (χ4v) is 5.51. The second-order valence-electron chi connectivity index (χ2n) is 7.58. The standard InChI is InChI=1S/C23H24FN3O3S2/c1-25-32(29,30)21-7-3-5-18(15-21)23(28)27-12-10-26(11-13-27)16-20-8-9-22(31-20)17-4-2-6-19(24)14-17/h2-9,14-15,25H,10-13,16H2,1H3. The Morgan fingerprint density at radius 2 is 1.78 bits per heavy atom. The first-order chi connectivity index (χ1) is 15.4. The molecule has 1 N–H and O–H groups in total. The van der Waals surface area contributed by atoms with Crippen LogP contribution in [0.1, 0.15) is 15.2 Å². The SMILES string of the molecule is CNS(=O)(=O)c1cccc(C(=O)N2CCN(Cc3ccc(-c4cccc(F)c4)s3)CC2)c1. The molecule has 168 valence electrons. The van der Waals surface area contributed by atoms with Crippen LogP contribution in [0.5, 0.6) is 0 Å². The Hall–Kier alpha value is -2.59. The second kappa shape index (κ2) is 9.50. The first kappa shape index (κ1) is 22.6. The third-order valence-corrected chi connectivity index (χ3v) is 8.00. The fourth-order valence-electron chi connectivity index (χ4n) is 3.69. The first-order valence-electron chi connectivity index (χ1n) is 10.3. The minimum atomic E-state index is -3.60. The molecular weight excluding hydrogens is 449 g/mol. The van der Waals surface area contributed by atoms with Gasteiger partial charge in [-0.05, 0) is 55.1 Å². The van der Waals surface area contributed by atoms with E-state index in [-0.39, 0.29) is 16.6 Å². The first-order valence-corrected chi connectivity index (χ1v) is 12.6. The smallest absolute Gasteiger partial charge is 0.253 e. The van der Waals surface area contributed by atoms with Crippen LogP contribution in [0.4, 0.5) is 4.39 Å². The van der Waals surface area contributed by atoms with Crippen molar-refractivity contribution in [1.29, 1.82) is 0 Å². The average Bonchev–Trinajstić information content (AvgIpc) is 3.28. The lowest BCUT2D eigenvalue weighted by atomic mass is 10.2. The topological polar surface area (TPSA) is 69.7 Å². The number of hydrogen-bond donors (Lipinski definition) is 1. The van der Waals surface area contributed by atoms with Crippen molar-refractivity contribution < 1.29 is 17.6 Å². The molecule has 0 radical (unpaired) electrons. The molecule has 1 aliphatic heterocycles. The minimum absolute atomic E-state index is 0.0799. The van der Waals surface area contributed by atoms with Gasteiger partial charge in [0.2, 0.25) is 10.0 Å². The molecule has 1 aromatic heterocycles. The maximum Gasteiger partial charge on any atom is 0.253 e. The number of amides is 1. The Labute approximate surface area is 191 Å². The number of carbonyl (C=O) groups is 1. The van der Waals surface area contributed by atoms with Gasteiger partial charge in [0.25, 0.3) is 5.91 Å². The van der Waals surface area contributed by atoms with E-state index in [1.165, 1.54) is 36.2 Å². The molecule has 0 atom stereocenters. The minimum Gasteiger partial charge on any atom is -0.336 e. The van der Waals surface area contributed by atoms with E-state index < -0.39 is 10.0 Å². The number of rotatable bonds is 6. The highest BCUT2D eigenvalue weighted by molar-refractivity contribution is 7.89. The van der Waals surface area contributed by atoms with Crippen LogP contribution in [-0.4, -0.2) is 57.4 Å². The zero-order valence-electron chi connectivity index (χ0n) is 17.6. The van der Waals surface area contributed by atoms with Gasteiger partial charge in [-0.25, -0.2) is 17.5 Å². The Kier molecular flexibility index (Phi) is 6.71.